The van der Waals surface area contributed by atoms with Gasteiger partial charge in [0.2, 0.25) is 0 Å². The van der Waals surface area contributed by atoms with Crippen molar-refractivity contribution in [3.05, 3.63) is 103 Å². The lowest BCUT2D eigenvalue weighted by molar-refractivity contribution is -0.138. The van der Waals surface area contributed by atoms with Gasteiger partial charge in [-0.2, -0.15) is 26.3 Å². The van der Waals surface area contributed by atoms with Crippen LogP contribution in [-0.2, 0) is 18.8 Å². The van der Waals surface area contributed by atoms with E-state index < -0.39 is 23.5 Å². The SMILES string of the molecule is C=CCN(CC=C)CCc1nc(Nc2ccc(C(F)(F)F)cc2)c2ccc(-c3ncccc3C(F)(F)F)cc2n1. The fourth-order valence-electron chi connectivity index (χ4n) is 4.16. The molecule has 0 atom stereocenters. The van der Waals surface area contributed by atoms with Crippen LogP contribution < -0.4 is 5.32 Å². The molecule has 0 bridgehead atoms. The monoisotopic (exact) mass is 557 g/mol. The lowest BCUT2D eigenvalue weighted by Gasteiger charge is -2.19. The third kappa shape index (κ3) is 6.84. The summed E-state index contributed by atoms with van der Waals surface area (Å²) in [6, 6.07) is 11.2. The van der Waals surface area contributed by atoms with Crippen LogP contribution in [0, 0.1) is 0 Å². The summed E-state index contributed by atoms with van der Waals surface area (Å²) >= 11 is 0. The number of anilines is 2. The van der Waals surface area contributed by atoms with Crippen molar-refractivity contribution < 1.29 is 26.3 Å². The summed E-state index contributed by atoms with van der Waals surface area (Å²) in [5, 5.41) is 3.52. The third-order valence-electron chi connectivity index (χ3n) is 6.03. The van der Waals surface area contributed by atoms with E-state index in [-0.39, 0.29) is 11.3 Å². The summed E-state index contributed by atoms with van der Waals surface area (Å²) in [6.45, 7) is 9.24. The lowest BCUT2D eigenvalue weighted by atomic mass is 10.0. The molecule has 208 valence electrons. The van der Waals surface area contributed by atoms with Crippen LogP contribution in [0.3, 0.4) is 0 Å². The normalized spacial score (nSPS) is 12.1. The van der Waals surface area contributed by atoms with Crippen LogP contribution >= 0.6 is 0 Å². The molecule has 2 aromatic heterocycles. The van der Waals surface area contributed by atoms with Crippen molar-refractivity contribution in [2.24, 2.45) is 0 Å². The zero-order valence-electron chi connectivity index (χ0n) is 21.2. The van der Waals surface area contributed by atoms with Crippen LogP contribution in [0.25, 0.3) is 22.2 Å². The van der Waals surface area contributed by atoms with E-state index in [1.165, 1.54) is 36.5 Å². The largest absolute Gasteiger partial charge is 0.418 e. The molecule has 0 saturated carbocycles. The number of hydrogen-bond donors (Lipinski definition) is 1. The number of pyridine rings is 1. The Bertz CT molecular complexity index is 1490. The smallest absolute Gasteiger partial charge is 0.340 e. The van der Waals surface area contributed by atoms with Crippen molar-refractivity contribution in [1.82, 2.24) is 19.9 Å². The Morgan fingerprint density at radius 3 is 2.17 bits per heavy atom. The van der Waals surface area contributed by atoms with Crippen LogP contribution in [0.2, 0.25) is 0 Å². The number of rotatable bonds is 10. The van der Waals surface area contributed by atoms with Gasteiger partial charge in [-0.3, -0.25) is 9.88 Å². The first-order valence-corrected chi connectivity index (χ1v) is 12.2. The van der Waals surface area contributed by atoms with Gasteiger partial charge in [-0.1, -0.05) is 18.2 Å². The third-order valence-corrected chi connectivity index (χ3v) is 6.03. The minimum Gasteiger partial charge on any atom is -0.340 e. The van der Waals surface area contributed by atoms with E-state index in [0.29, 0.717) is 54.3 Å². The minimum atomic E-state index is -4.61. The maximum absolute atomic E-state index is 13.7. The number of halogens is 6. The van der Waals surface area contributed by atoms with Crippen LogP contribution in [0.1, 0.15) is 17.0 Å². The zero-order chi connectivity index (χ0) is 28.9. The number of benzene rings is 2. The molecule has 0 aliphatic rings. The first-order chi connectivity index (χ1) is 19.0. The molecular formula is C29H25F6N5. The molecule has 1 N–H and O–H groups in total. The summed E-state index contributed by atoms with van der Waals surface area (Å²) in [5.41, 5.74) is -0.989. The molecule has 0 unspecified atom stereocenters. The molecule has 0 aliphatic carbocycles. The van der Waals surface area contributed by atoms with E-state index in [9.17, 15) is 26.3 Å². The average molecular weight is 558 g/mol. The summed E-state index contributed by atoms with van der Waals surface area (Å²) in [6.07, 6.45) is -3.91. The Morgan fingerprint density at radius 2 is 1.55 bits per heavy atom. The summed E-state index contributed by atoms with van der Waals surface area (Å²) in [7, 11) is 0. The maximum Gasteiger partial charge on any atom is 0.418 e. The molecule has 0 fully saturated rings. The van der Waals surface area contributed by atoms with Gasteiger partial charge in [-0.15, -0.1) is 13.2 Å². The lowest BCUT2D eigenvalue weighted by Crippen LogP contribution is -2.26. The predicted molar refractivity (Wildman–Crippen MR) is 143 cm³/mol. The quantitative estimate of drug-likeness (QED) is 0.160. The fourth-order valence-corrected chi connectivity index (χ4v) is 4.16. The van der Waals surface area contributed by atoms with E-state index >= 15 is 0 Å². The van der Waals surface area contributed by atoms with Gasteiger partial charge in [-0.05, 0) is 48.5 Å². The van der Waals surface area contributed by atoms with Gasteiger partial charge in [0.25, 0.3) is 0 Å². The summed E-state index contributed by atoms with van der Waals surface area (Å²) in [4.78, 5) is 15.2. The fraction of sp³-hybridized carbons (Fsp3) is 0.207. The van der Waals surface area contributed by atoms with Gasteiger partial charge >= 0.3 is 12.4 Å². The van der Waals surface area contributed by atoms with Gasteiger partial charge in [0.15, 0.2) is 0 Å². The van der Waals surface area contributed by atoms with E-state index in [2.05, 4.69) is 38.3 Å². The highest BCUT2D eigenvalue weighted by molar-refractivity contribution is 5.93. The number of fused-ring (bicyclic) bond motifs is 1. The van der Waals surface area contributed by atoms with E-state index in [0.717, 1.165) is 18.2 Å². The molecule has 0 aliphatic heterocycles. The van der Waals surface area contributed by atoms with Gasteiger partial charge in [0.05, 0.1) is 22.3 Å². The molecule has 40 heavy (non-hydrogen) atoms. The number of aromatic nitrogens is 3. The second-order valence-corrected chi connectivity index (χ2v) is 8.90. The first kappa shape index (κ1) is 28.8. The molecule has 0 amide bonds. The Labute approximate surface area is 226 Å². The van der Waals surface area contributed by atoms with Gasteiger partial charge in [-0.25, -0.2) is 9.97 Å². The van der Waals surface area contributed by atoms with Crippen molar-refractivity contribution in [1.29, 1.82) is 0 Å². The molecule has 0 spiro atoms. The first-order valence-electron chi connectivity index (χ1n) is 12.2. The maximum atomic E-state index is 13.7. The highest BCUT2D eigenvalue weighted by Gasteiger charge is 2.34. The van der Waals surface area contributed by atoms with Gasteiger partial charge in [0.1, 0.15) is 11.6 Å². The molecular weight excluding hydrogens is 532 g/mol. The van der Waals surface area contributed by atoms with Crippen molar-refractivity contribution in [3.8, 4) is 11.3 Å². The highest BCUT2D eigenvalue weighted by atomic mass is 19.4. The Morgan fingerprint density at radius 1 is 0.850 bits per heavy atom. The van der Waals surface area contributed by atoms with E-state index in [1.807, 2.05) is 0 Å². The summed E-state index contributed by atoms with van der Waals surface area (Å²) in [5.74, 6) is 0.705. The minimum absolute atomic E-state index is 0.213. The number of nitrogens with one attached hydrogen (secondary N) is 1. The second kappa shape index (κ2) is 11.9. The highest BCUT2D eigenvalue weighted by Crippen LogP contribution is 2.37. The van der Waals surface area contributed by atoms with Gasteiger partial charge in [0, 0.05) is 48.9 Å². The van der Waals surface area contributed by atoms with Crippen molar-refractivity contribution in [2.75, 3.05) is 25.0 Å². The number of hydrogen-bond acceptors (Lipinski definition) is 5. The molecule has 11 heteroatoms. The van der Waals surface area contributed by atoms with Crippen molar-refractivity contribution in [3.63, 3.8) is 0 Å². The zero-order valence-corrected chi connectivity index (χ0v) is 21.2. The standard InChI is InChI=1S/C29H25F6N5/c1-3-15-40(16-4-2)17-13-25-38-24-18-19(26-23(29(33,34)35)6-5-14-36-26)7-12-22(24)27(39-25)37-21-10-8-20(9-11-21)28(30,31)32/h3-12,14,18H,1-2,13,15-17H2,(H,37,38,39). The van der Waals surface area contributed by atoms with Crippen LogP contribution in [-0.4, -0.2) is 39.5 Å². The molecule has 2 aromatic carbocycles. The number of alkyl halides is 6. The summed E-state index contributed by atoms with van der Waals surface area (Å²) < 4.78 is 80.0. The van der Waals surface area contributed by atoms with Crippen molar-refractivity contribution >= 4 is 22.4 Å². The topological polar surface area (TPSA) is 53.9 Å². The van der Waals surface area contributed by atoms with Gasteiger partial charge < -0.3 is 5.32 Å². The Kier molecular flexibility index (Phi) is 8.53. The second-order valence-electron chi connectivity index (χ2n) is 8.90. The number of nitrogens with zero attached hydrogens (tertiary/aromatic N) is 4. The van der Waals surface area contributed by atoms with E-state index in [4.69, 9.17) is 0 Å². The van der Waals surface area contributed by atoms with Crippen LogP contribution in [0.4, 0.5) is 37.8 Å². The molecule has 0 radical (unpaired) electrons. The van der Waals surface area contributed by atoms with Crippen LogP contribution in [0.5, 0.6) is 0 Å². The van der Waals surface area contributed by atoms with E-state index in [1.54, 1.807) is 18.2 Å². The van der Waals surface area contributed by atoms with Crippen LogP contribution in [0.15, 0.2) is 86.1 Å². The Hall–Kier alpha value is -4.25. The van der Waals surface area contributed by atoms with Crippen molar-refractivity contribution in [2.45, 2.75) is 18.8 Å². The molecule has 4 aromatic rings. The Balaban J connectivity index is 1.77. The molecule has 4 rings (SSSR count). The molecule has 2 heterocycles. The molecule has 5 nitrogen and oxygen atoms in total. The molecule has 0 saturated heterocycles. The average Bonchev–Trinajstić information content (AvgIpc) is 2.91. The predicted octanol–water partition coefficient (Wildman–Crippen LogP) is 7.69.